The van der Waals surface area contributed by atoms with Crippen LogP contribution in [0.3, 0.4) is 0 Å². The molecule has 0 aliphatic heterocycles. The number of aromatic carboxylic acids is 1. The normalized spacial score (nSPS) is 11.2. The highest BCUT2D eigenvalue weighted by atomic mass is 16.5. The SMILES string of the molecule is CCCc1noc(Cn2nnc(C(=O)O)c2CC(C)C)n1. The van der Waals surface area contributed by atoms with Crippen molar-refractivity contribution in [3.63, 3.8) is 0 Å². The molecule has 0 bridgehead atoms. The summed E-state index contributed by atoms with van der Waals surface area (Å²) in [5.74, 6) is 0.273. The van der Waals surface area contributed by atoms with Gasteiger partial charge in [0.25, 0.3) is 0 Å². The lowest BCUT2D eigenvalue weighted by molar-refractivity contribution is 0.0689. The maximum absolute atomic E-state index is 11.2. The van der Waals surface area contributed by atoms with Crippen molar-refractivity contribution in [2.75, 3.05) is 0 Å². The number of carboxylic acids is 1. The van der Waals surface area contributed by atoms with Crippen LogP contribution in [0.2, 0.25) is 0 Å². The topological polar surface area (TPSA) is 107 Å². The molecule has 0 spiro atoms. The average molecular weight is 293 g/mol. The van der Waals surface area contributed by atoms with E-state index in [1.807, 2.05) is 20.8 Å². The zero-order chi connectivity index (χ0) is 15.4. The van der Waals surface area contributed by atoms with Gasteiger partial charge in [0.1, 0.15) is 6.54 Å². The molecule has 0 aliphatic carbocycles. The molecule has 1 N–H and O–H groups in total. The minimum Gasteiger partial charge on any atom is -0.476 e. The van der Waals surface area contributed by atoms with Crippen LogP contribution in [0, 0.1) is 5.92 Å². The molecule has 0 saturated carbocycles. The van der Waals surface area contributed by atoms with E-state index >= 15 is 0 Å². The molecule has 2 heterocycles. The zero-order valence-electron chi connectivity index (χ0n) is 12.4. The molecule has 0 aliphatic rings. The van der Waals surface area contributed by atoms with Gasteiger partial charge in [-0.15, -0.1) is 5.10 Å². The molecule has 0 fully saturated rings. The molecule has 114 valence electrons. The van der Waals surface area contributed by atoms with Gasteiger partial charge in [-0.3, -0.25) is 0 Å². The fourth-order valence-corrected chi connectivity index (χ4v) is 2.02. The van der Waals surface area contributed by atoms with Crippen LogP contribution < -0.4 is 0 Å². The Hall–Kier alpha value is -2.25. The fraction of sp³-hybridized carbons (Fsp3) is 0.615. The molecule has 0 amide bonds. The van der Waals surface area contributed by atoms with Gasteiger partial charge in [0.2, 0.25) is 5.89 Å². The maximum Gasteiger partial charge on any atom is 0.358 e. The summed E-state index contributed by atoms with van der Waals surface area (Å²) in [7, 11) is 0. The molecule has 2 rings (SSSR count). The molecule has 0 atom stereocenters. The van der Waals surface area contributed by atoms with Crippen molar-refractivity contribution in [3.8, 4) is 0 Å². The molecular weight excluding hydrogens is 274 g/mol. The van der Waals surface area contributed by atoms with Crippen molar-refractivity contribution in [2.45, 2.75) is 46.6 Å². The van der Waals surface area contributed by atoms with E-state index in [9.17, 15) is 4.79 Å². The van der Waals surface area contributed by atoms with Crippen molar-refractivity contribution >= 4 is 5.97 Å². The van der Waals surface area contributed by atoms with Crippen LogP contribution in [0.15, 0.2) is 4.52 Å². The average Bonchev–Trinajstić information content (AvgIpc) is 2.98. The molecule has 0 saturated heterocycles. The lowest BCUT2D eigenvalue weighted by Gasteiger charge is -2.07. The van der Waals surface area contributed by atoms with Gasteiger partial charge < -0.3 is 9.63 Å². The molecule has 8 heteroatoms. The Morgan fingerprint density at radius 2 is 2.19 bits per heavy atom. The van der Waals surface area contributed by atoms with Crippen LogP contribution >= 0.6 is 0 Å². The number of carboxylic acid groups (broad SMARTS) is 1. The smallest absolute Gasteiger partial charge is 0.358 e. The van der Waals surface area contributed by atoms with Gasteiger partial charge in [0.15, 0.2) is 11.5 Å². The molecule has 0 unspecified atom stereocenters. The van der Waals surface area contributed by atoms with E-state index in [4.69, 9.17) is 9.63 Å². The van der Waals surface area contributed by atoms with E-state index in [0.29, 0.717) is 29.7 Å². The minimum absolute atomic E-state index is 0.0167. The van der Waals surface area contributed by atoms with Gasteiger partial charge in [-0.05, 0) is 18.8 Å². The van der Waals surface area contributed by atoms with Crippen LogP contribution in [0.5, 0.6) is 0 Å². The van der Waals surface area contributed by atoms with Gasteiger partial charge in [0, 0.05) is 6.42 Å². The summed E-state index contributed by atoms with van der Waals surface area (Å²) in [5.41, 5.74) is 0.560. The monoisotopic (exact) mass is 293 g/mol. The third kappa shape index (κ3) is 3.65. The first-order chi connectivity index (χ1) is 10.0. The molecule has 21 heavy (non-hydrogen) atoms. The predicted octanol–water partition coefficient (Wildman–Crippen LogP) is 1.56. The summed E-state index contributed by atoms with van der Waals surface area (Å²) in [4.78, 5) is 15.4. The number of carbonyl (C=O) groups is 1. The second kappa shape index (κ2) is 6.47. The van der Waals surface area contributed by atoms with E-state index in [2.05, 4.69) is 20.5 Å². The number of aryl methyl sites for hydroxylation is 1. The third-order valence-corrected chi connectivity index (χ3v) is 2.91. The zero-order valence-corrected chi connectivity index (χ0v) is 12.4. The van der Waals surface area contributed by atoms with Gasteiger partial charge >= 0.3 is 5.97 Å². The van der Waals surface area contributed by atoms with Crippen LogP contribution in [0.25, 0.3) is 0 Å². The second-order valence-corrected chi connectivity index (χ2v) is 5.30. The predicted molar refractivity (Wildman–Crippen MR) is 72.9 cm³/mol. The van der Waals surface area contributed by atoms with Crippen LogP contribution in [0.1, 0.15) is 55.1 Å². The van der Waals surface area contributed by atoms with E-state index in [1.165, 1.54) is 4.68 Å². The van der Waals surface area contributed by atoms with Gasteiger partial charge in [-0.1, -0.05) is 31.1 Å². The molecule has 0 radical (unpaired) electrons. The number of hydrogen-bond acceptors (Lipinski definition) is 6. The summed E-state index contributed by atoms with van der Waals surface area (Å²) < 4.78 is 6.67. The highest BCUT2D eigenvalue weighted by molar-refractivity contribution is 5.86. The van der Waals surface area contributed by atoms with Crippen molar-refractivity contribution in [2.24, 2.45) is 5.92 Å². The maximum atomic E-state index is 11.2. The standard InChI is InChI=1S/C13H19N5O3/c1-4-5-10-14-11(21-16-10)7-18-9(6-8(2)3)12(13(19)20)15-17-18/h8H,4-7H2,1-3H3,(H,19,20). The van der Waals surface area contributed by atoms with Crippen molar-refractivity contribution < 1.29 is 14.4 Å². The van der Waals surface area contributed by atoms with Crippen molar-refractivity contribution in [1.82, 2.24) is 25.1 Å². The summed E-state index contributed by atoms with van der Waals surface area (Å²) in [6.45, 7) is 6.29. The van der Waals surface area contributed by atoms with E-state index in [-0.39, 0.29) is 12.2 Å². The Labute approximate surface area is 122 Å². The van der Waals surface area contributed by atoms with Gasteiger partial charge in [-0.25, -0.2) is 9.48 Å². The largest absolute Gasteiger partial charge is 0.476 e. The third-order valence-electron chi connectivity index (χ3n) is 2.91. The Bertz CT molecular complexity index is 617. The number of nitrogens with zero attached hydrogens (tertiary/aromatic N) is 5. The highest BCUT2D eigenvalue weighted by Gasteiger charge is 2.21. The molecule has 2 aromatic heterocycles. The Morgan fingerprint density at radius 1 is 1.43 bits per heavy atom. The summed E-state index contributed by atoms with van der Waals surface area (Å²) in [5, 5.41) is 20.7. The molecular formula is C13H19N5O3. The van der Waals surface area contributed by atoms with Gasteiger partial charge in [-0.2, -0.15) is 4.98 Å². The second-order valence-electron chi connectivity index (χ2n) is 5.30. The first-order valence-electron chi connectivity index (χ1n) is 6.98. The molecule has 2 aromatic rings. The fourth-order valence-electron chi connectivity index (χ4n) is 2.02. The first kappa shape index (κ1) is 15.1. The minimum atomic E-state index is -1.07. The lowest BCUT2D eigenvalue weighted by Crippen LogP contribution is -2.12. The number of hydrogen-bond donors (Lipinski definition) is 1. The highest BCUT2D eigenvalue weighted by Crippen LogP contribution is 2.13. The van der Waals surface area contributed by atoms with E-state index < -0.39 is 5.97 Å². The van der Waals surface area contributed by atoms with Crippen molar-refractivity contribution in [1.29, 1.82) is 0 Å². The summed E-state index contributed by atoms with van der Waals surface area (Å²) >= 11 is 0. The first-order valence-corrected chi connectivity index (χ1v) is 6.98. The Balaban J connectivity index is 2.23. The Morgan fingerprint density at radius 3 is 2.81 bits per heavy atom. The van der Waals surface area contributed by atoms with Crippen LogP contribution in [-0.4, -0.2) is 36.2 Å². The number of rotatable bonds is 7. The van der Waals surface area contributed by atoms with Crippen LogP contribution in [0.4, 0.5) is 0 Å². The quantitative estimate of drug-likeness (QED) is 0.825. The molecule has 8 nitrogen and oxygen atoms in total. The van der Waals surface area contributed by atoms with Crippen molar-refractivity contribution in [3.05, 3.63) is 23.1 Å². The summed E-state index contributed by atoms with van der Waals surface area (Å²) in [6, 6.07) is 0. The lowest BCUT2D eigenvalue weighted by atomic mass is 10.1. The van der Waals surface area contributed by atoms with Crippen LogP contribution in [-0.2, 0) is 19.4 Å². The van der Waals surface area contributed by atoms with E-state index in [1.54, 1.807) is 0 Å². The summed E-state index contributed by atoms with van der Waals surface area (Å²) in [6.07, 6.45) is 2.26. The molecule has 0 aromatic carbocycles. The Kier molecular flexibility index (Phi) is 4.66. The van der Waals surface area contributed by atoms with Gasteiger partial charge in [0.05, 0.1) is 5.69 Å². The number of aromatic nitrogens is 5. The van der Waals surface area contributed by atoms with E-state index in [0.717, 1.165) is 12.8 Å².